The summed E-state index contributed by atoms with van der Waals surface area (Å²) in [6.45, 7) is 9.13. The van der Waals surface area contributed by atoms with E-state index in [0.717, 1.165) is 17.0 Å². The zero-order valence-corrected chi connectivity index (χ0v) is 12.6. The van der Waals surface area contributed by atoms with Crippen LogP contribution in [0.1, 0.15) is 37.3 Å². The highest BCUT2D eigenvalue weighted by Crippen LogP contribution is 2.17. The molecule has 0 unspecified atom stereocenters. The molecule has 5 nitrogen and oxygen atoms in total. The van der Waals surface area contributed by atoms with Crippen LogP contribution in [0.5, 0.6) is 0 Å². The molecule has 0 atom stereocenters. The lowest BCUT2D eigenvalue weighted by molar-refractivity contribution is -0.131. The Morgan fingerprint density at radius 1 is 1.42 bits per heavy atom. The van der Waals surface area contributed by atoms with Crippen molar-refractivity contribution in [3.05, 3.63) is 17.0 Å². The first-order valence-corrected chi connectivity index (χ1v) is 6.62. The maximum Gasteiger partial charge on any atom is 0.222 e. The second-order valence-corrected chi connectivity index (χ2v) is 5.92. The summed E-state index contributed by atoms with van der Waals surface area (Å²) in [5, 5.41) is 3.90. The molecular formula is C14H25N3O2. The minimum absolute atomic E-state index is 0.0482. The van der Waals surface area contributed by atoms with E-state index in [1.54, 1.807) is 4.90 Å². The quantitative estimate of drug-likeness (QED) is 0.851. The van der Waals surface area contributed by atoms with E-state index in [9.17, 15) is 4.79 Å². The molecule has 0 fully saturated rings. The largest absolute Gasteiger partial charge is 0.361 e. The number of nitrogens with two attached hydrogens (primary N) is 1. The Hall–Kier alpha value is -1.36. The van der Waals surface area contributed by atoms with Gasteiger partial charge in [-0.1, -0.05) is 19.0 Å². The highest BCUT2D eigenvalue weighted by Gasteiger charge is 2.21. The van der Waals surface area contributed by atoms with Crippen molar-refractivity contribution in [2.45, 2.75) is 40.5 Å². The van der Waals surface area contributed by atoms with Crippen LogP contribution in [-0.4, -0.2) is 36.1 Å². The van der Waals surface area contributed by atoms with Crippen molar-refractivity contribution in [1.29, 1.82) is 0 Å². The molecule has 0 aliphatic rings. The van der Waals surface area contributed by atoms with Crippen LogP contribution in [0.25, 0.3) is 0 Å². The van der Waals surface area contributed by atoms with Crippen molar-refractivity contribution in [2.24, 2.45) is 11.1 Å². The average molecular weight is 267 g/mol. The van der Waals surface area contributed by atoms with Crippen LogP contribution in [0, 0.1) is 19.3 Å². The third-order valence-electron chi connectivity index (χ3n) is 3.41. The van der Waals surface area contributed by atoms with Gasteiger partial charge in [0, 0.05) is 25.6 Å². The smallest absolute Gasteiger partial charge is 0.222 e. The number of rotatable bonds is 6. The molecule has 0 saturated heterocycles. The van der Waals surface area contributed by atoms with Gasteiger partial charge in [0.25, 0.3) is 0 Å². The molecule has 0 spiro atoms. The molecule has 5 heteroatoms. The first-order chi connectivity index (χ1) is 8.76. The highest BCUT2D eigenvalue weighted by molar-refractivity contribution is 5.76. The molecule has 0 bridgehead atoms. The molecule has 0 aromatic carbocycles. The van der Waals surface area contributed by atoms with Gasteiger partial charge >= 0.3 is 0 Å². The van der Waals surface area contributed by atoms with Gasteiger partial charge in [-0.05, 0) is 32.2 Å². The summed E-state index contributed by atoms with van der Waals surface area (Å²) in [6.07, 6.45) is 1.15. The van der Waals surface area contributed by atoms with Gasteiger partial charge in [0.1, 0.15) is 5.76 Å². The van der Waals surface area contributed by atoms with E-state index >= 15 is 0 Å². The SMILES string of the molecule is Cc1noc(C)c1CCC(=O)N(C)CC(C)(C)CN. The summed E-state index contributed by atoms with van der Waals surface area (Å²) in [5.41, 5.74) is 7.55. The molecule has 19 heavy (non-hydrogen) atoms. The van der Waals surface area contributed by atoms with Crippen LogP contribution in [0.2, 0.25) is 0 Å². The third kappa shape index (κ3) is 4.35. The average Bonchev–Trinajstić information content (AvgIpc) is 2.65. The Morgan fingerprint density at radius 2 is 2.05 bits per heavy atom. The Morgan fingerprint density at radius 3 is 2.53 bits per heavy atom. The summed E-state index contributed by atoms with van der Waals surface area (Å²) >= 11 is 0. The van der Waals surface area contributed by atoms with E-state index < -0.39 is 0 Å². The van der Waals surface area contributed by atoms with E-state index in [2.05, 4.69) is 19.0 Å². The highest BCUT2D eigenvalue weighted by atomic mass is 16.5. The predicted octanol–water partition coefficient (Wildman–Crippen LogP) is 1.67. The van der Waals surface area contributed by atoms with E-state index in [-0.39, 0.29) is 11.3 Å². The summed E-state index contributed by atoms with van der Waals surface area (Å²) in [7, 11) is 1.83. The van der Waals surface area contributed by atoms with E-state index in [0.29, 0.717) is 25.9 Å². The standard InChI is InChI=1S/C14H25N3O2/c1-10-12(11(2)19-16-10)6-7-13(18)17(5)9-14(3,4)8-15/h6-9,15H2,1-5H3. The number of hydrogen-bond acceptors (Lipinski definition) is 4. The molecule has 1 amide bonds. The monoisotopic (exact) mass is 267 g/mol. The Balaban J connectivity index is 2.52. The summed E-state index contributed by atoms with van der Waals surface area (Å²) in [5.74, 6) is 0.928. The van der Waals surface area contributed by atoms with Gasteiger partial charge < -0.3 is 15.2 Å². The Bertz CT molecular complexity index is 418. The van der Waals surface area contributed by atoms with Crippen LogP contribution < -0.4 is 5.73 Å². The zero-order chi connectivity index (χ0) is 14.6. The van der Waals surface area contributed by atoms with Gasteiger partial charge in [-0.15, -0.1) is 0 Å². The van der Waals surface area contributed by atoms with Gasteiger partial charge in [0.15, 0.2) is 0 Å². The molecule has 0 radical (unpaired) electrons. The number of amides is 1. The van der Waals surface area contributed by atoms with Crippen LogP contribution in [0.15, 0.2) is 4.52 Å². The second-order valence-electron chi connectivity index (χ2n) is 5.92. The predicted molar refractivity (Wildman–Crippen MR) is 74.8 cm³/mol. The van der Waals surface area contributed by atoms with E-state index in [4.69, 9.17) is 10.3 Å². The molecule has 2 N–H and O–H groups in total. The lowest BCUT2D eigenvalue weighted by Gasteiger charge is -2.29. The fourth-order valence-electron chi connectivity index (χ4n) is 2.08. The Labute approximate surface area is 115 Å². The van der Waals surface area contributed by atoms with E-state index in [1.165, 1.54) is 0 Å². The van der Waals surface area contributed by atoms with Crippen molar-refractivity contribution in [3.63, 3.8) is 0 Å². The number of carbonyl (C=O) groups is 1. The Kier molecular flexibility index (Phi) is 5.11. The number of carbonyl (C=O) groups excluding carboxylic acids is 1. The normalized spacial score (nSPS) is 11.7. The van der Waals surface area contributed by atoms with Gasteiger partial charge in [-0.2, -0.15) is 0 Å². The molecular weight excluding hydrogens is 242 g/mol. The molecule has 1 heterocycles. The number of aryl methyl sites for hydroxylation is 2. The van der Waals surface area contributed by atoms with Gasteiger partial charge in [0.2, 0.25) is 5.91 Å². The van der Waals surface area contributed by atoms with Crippen LogP contribution in [-0.2, 0) is 11.2 Å². The molecule has 0 aliphatic carbocycles. The molecule has 1 aromatic rings. The van der Waals surface area contributed by atoms with Crippen molar-refractivity contribution < 1.29 is 9.32 Å². The minimum Gasteiger partial charge on any atom is -0.361 e. The summed E-state index contributed by atoms with van der Waals surface area (Å²) in [4.78, 5) is 13.8. The third-order valence-corrected chi connectivity index (χ3v) is 3.41. The van der Waals surface area contributed by atoms with Gasteiger partial charge in [-0.3, -0.25) is 4.79 Å². The lowest BCUT2D eigenvalue weighted by atomic mass is 9.93. The first kappa shape index (κ1) is 15.7. The van der Waals surface area contributed by atoms with Crippen molar-refractivity contribution in [3.8, 4) is 0 Å². The van der Waals surface area contributed by atoms with Crippen LogP contribution in [0.3, 0.4) is 0 Å². The first-order valence-electron chi connectivity index (χ1n) is 6.62. The number of nitrogens with zero attached hydrogens (tertiary/aromatic N) is 2. The maximum atomic E-state index is 12.1. The lowest BCUT2D eigenvalue weighted by Crippen LogP contribution is -2.39. The molecule has 0 saturated carbocycles. The van der Waals surface area contributed by atoms with Crippen LogP contribution in [0.4, 0.5) is 0 Å². The van der Waals surface area contributed by atoms with Gasteiger partial charge in [0.05, 0.1) is 5.69 Å². The van der Waals surface area contributed by atoms with Crippen molar-refractivity contribution >= 4 is 5.91 Å². The second kappa shape index (κ2) is 6.19. The minimum atomic E-state index is -0.0482. The summed E-state index contributed by atoms with van der Waals surface area (Å²) < 4.78 is 5.09. The molecule has 0 aliphatic heterocycles. The fourth-order valence-corrected chi connectivity index (χ4v) is 2.08. The zero-order valence-electron chi connectivity index (χ0n) is 12.6. The van der Waals surface area contributed by atoms with Crippen LogP contribution >= 0.6 is 0 Å². The molecule has 108 valence electrons. The van der Waals surface area contributed by atoms with E-state index in [1.807, 2.05) is 20.9 Å². The van der Waals surface area contributed by atoms with Crippen molar-refractivity contribution in [1.82, 2.24) is 10.1 Å². The fraction of sp³-hybridized carbons (Fsp3) is 0.714. The maximum absolute atomic E-state index is 12.1. The topological polar surface area (TPSA) is 72.4 Å². The summed E-state index contributed by atoms with van der Waals surface area (Å²) in [6, 6.07) is 0. The number of hydrogen-bond donors (Lipinski definition) is 1. The van der Waals surface area contributed by atoms with Gasteiger partial charge in [-0.25, -0.2) is 0 Å². The molecule has 1 rings (SSSR count). The number of aromatic nitrogens is 1. The molecule has 1 aromatic heterocycles. The van der Waals surface area contributed by atoms with Crippen molar-refractivity contribution in [2.75, 3.05) is 20.1 Å².